The molecule has 0 spiro atoms. The lowest BCUT2D eigenvalue weighted by molar-refractivity contribution is -0.384. The molecule has 0 amide bonds. The highest BCUT2D eigenvalue weighted by Crippen LogP contribution is 2.33. The number of halogens is 4. The Kier molecular flexibility index (Phi) is 5.47. The highest BCUT2D eigenvalue weighted by molar-refractivity contribution is 6.69. The molecule has 0 aliphatic rings. The van der Waals surface area contributed by atoms with E-state index in [1.807, 2.05) is 0 Å². The van der Waals surface area contributed by atoms with Crippen LogP contribution < -0.4 is 5.43 Å². The molecule has 0 unspecified atom stereocenters. The molecule has 0 aromatic heterocycles. The van der Waals surface area contributed by atoms with Gasteiger partial charge < -0.3 is 0 Å². The van der Waals surface area contributed by atoms with Crippen molar-refractivity contribution >= 4 is 62.9 Å². The molecule has 0 radical (unpaired) electrons. The Labute approximate surface area is 145 Å². The van der Waals surface area contributed by atoms with Gasteiger partial charge in [0.2, 0.25) is 0 Å². The number of nitro benzene ring substituents is 1. The number of hydrogen-bond donors (Lipinski definition) is 1. The molecule has 0 saturated heterocycles. The SMILES string of the molecule is O=[N+]([O-])c1cccc(/C(Cl)=N\Nc2c(Cl)cc(Cl)cc2Cl)c1. The van der Waals surface area contributed by atoms with E-state index in [1.54, 1.807) is 6.07 Å². The topological polar surface area (TPSA) is 67.5 Å². The summed E-state index contributed by atoms with van der Waals surface area (Å²) < 4.78 is 0. The van der Waals surface area contributed by atoms with Crippen LogP contribution in [0.4, 0.5) is 11.4 Å². The molecule has 0 atom stereocenters. The Morgan fingerprint density at radius 2 is 1.77 bits per heavy atom. The van der Waals surface area contributed by atoms with Crippen LogP contribution in [0.25, 0.3) is 0 Å². The van der Waals surface area contributed by atoms with Crippen LogP contribution in [-0.4, -0.2) is 10.1 Å². The van der Waals surface area contributed by atoms with E-state index in [9.17, 15) is 10.1 Å². The second kappa shape index (κ2) is 7.15. The van der Waals surface area contributed by atoms with Crippen LogP contribution in [0.2, 0.25) is 15.1 Å². The molecule has 22 heavy (non-hydrogen) atoms. The third-order valence-electron chi connectivity index (χ3n) is 2.57. The molecule has 2 rings (SSSR count). The van der Waals surface area contributed by atoms with Gasteiger partial charge in [0.25, 0.3) is 5.69 Å². The van der Waals surface area contributed by atoms with E-state index in [4.69, 9.17) is 46.4 Å². The van der Waals surface area contributed by atoms with Crippen LogP contribution in [0.5, 0.6) is 0 Å². The standard InChI is InChI=1S/C13H7Cl4N3O2/c14-8-5-10(15)12(11(16)6-8)18-19-13(17)7-2-1-3-9(4-7)20(21)22/h1-6,18H/b19-13+. The Morgan fingerprint density at radius 3 is 2.36 bits per heavy atom. The van der Waals surface area contributed by atoms with Gasteiger partial charge in [-0.05, 0) is 12.1 Å². The number of hydrogen-bond acceptors (Lipinski definition) is 4. The fraction of sp³-hybridized carbons (Fsp3) is 0. The zero-order valence-electron chi connectivity index (χ0n) is 10.7. The fourth-order valence-electron chi connectivity index (χ4n) is 1.57. The fourth-order valence-corrected chi connectivity index (χ4v) is 2.63. The van der Waals surface area contributed by atoms with Crippen LogP contribution in [-0.2, 0) is 0 Å². The molecule has 0 heterocycles. The number of rotatable bonds is 4. The Hall–Kier alpha value is -1.53. The second-order valence-electron chi connectivity index (χ2n) is 4.07. The molecule has 2 aromatic rings. The largest absolute Gasteiger partial charge is 0.274 e. The van der Waals surface area contributed by atoms with E-state index in [0.29, 0.717) is 16.3 Å². The van der Waals surface area contributed by atoms with Crippen molar-refractivity contribution in [3.05, 3.63) is 67.1 Å². The maximum Gasteiger partial charge on any atom is 0.270 e. The first-order valence-corrected chi connectivity index (χ1v) is 7.28. The Morgan fingerprint density at radius 1 is 1.14 bits per heavy atom. The molecular weight excluding hydrogens is 372 g/mol. The van der Waals surface area contributed by atoms with Gasteiger partial charge in [0, 0.05) is 22.7 Å². The number of non-ortho nitro benzene ring substituents is 1. The highest BCUT2D eigenvalue weighted by atomic mass is 35.5. The first-order chi connectivity index (χ1) is 10.4. The minimum atomic E-state index is -0.520. The van der Waals surface area contributed by atoms with E-state index in [2.05, 4.69) is 10.5 Å². The molecule has 2 aromatic carbocycles. The summed E-state index contributed by atoms with van der Waals surface area (Å²) in [6, 6.07) is 8.74. The van der Waals surface area contributed by atoms with Gasteiger partial charge in [-0.15, -0.1) is 0 Å². The van der Waals surface area contributed by atoms with Crippen molar-refractivity contribution in [3.63, 3.8) is 0 Å². The van der Waals surface area contributed by atoms with Crippen molar-refractivity contribution in [2.24, 2.45) is 5.10 Å². The number of hydrazone groups is 1. The summed E-state index contributed by atoms with van der Waals surface area (Å²) in [5.41, 5.74) is 3.24. The van der Waals surface area contributed by atoms with Gasteiger partial charge in [-0.1, -0.05) is 58.5 Å². The van der Waals surface area contributed by atoms with E-state index >= 15 is 0 Å². The van der Waals surface area contributed by atoms with Crippen LogP contribution in [0.1, 0.15) is 5.56 Å². The quantitative estimate of drug-likeness (QED) is 0.429. The number of nitro groups is 1. The Bertz CT molecular complexity index is 742. The number of anilines is 1. The number of nitrogens with zero attached hydrogens (tertiary/aromatic N) is 2. The van der Waals surface area contributed by atoms with Crippen LogP contribution in [0.3, 0.4) is 0 Å². The molecule has 114 valence electrons. The zero-order valence-corrected chi connectivity index (χ0v) is 13.7. The summed E-state index contributed by atoms with van der Waals surface area (Å²) in [6.07, 6.45) is 0. The molecule has 1 N–H and O–H groups in total. The van der Waals surface area contributed by atoms with Crippen molar-refractivity contribution in [2.45, 2.75) is 0 Å². The molecule has 0 bridgehead atoms. The minimum Gasteiger partial charge on any atom is -0.274 e. The first-order valence-electron chi connectivity index (χ1n) is 5.77. The summed E-state index contributed by atoms with van der Waals surface area (Å²) in [7, 11) is 0. The van der Waals surface area contributed by atoms with Crippen molar-refractivity contribution in [3.8, 4) is 0 Å². The van der Waals surface area contributed by atoms with Gasteiger partial charge in [0.15, 0.2) is 5.17 Å². The van der Waals surface area contributed by atoms with Crippen molar-refractivity contribution < 1.29 is 4.92 Å². The lowest BCUT2D eigenvalue weighted by atomic mass is 10.2. The van der Waals surface area contributed by atoms with E-state index < -0.39 is 4.92 Å². The molecular formula is C13H7Cl4N3O2. The van der Waals surface area contributed by atoms with Gasteiger partial charge in [0.05, 0.1) is 20.7 Å². The third kappa shape index (κ3) is 4.01. The predicted octanol–water partition coefficient (Wildman–Crippen LogP) is 5.57. The van der Waals surface area contributed by atoms with Crippen molar-refractivity contribution in [1.82, 2.24) is 0 Å². The van der Waals surface area contributed by atoms with E-state index in [0.717, 1.165) is 0 Å². The van der Waals surface area contributed by atoms with Gasteiger partial charge in [-0.25, -0.2) is 0 Å². The molecule has 5 nitrogen and oxygen atoms in total. The second-order valence-corrected chi connectivity index (χ2v) is 5.68. The molecule has 9 heteroatoms. The van der Waals surface area contributed by atoms with Crippen LogP contribution in [0.15, 0.2) is 41.5 Å². The van der Waals surface area contributed by atoms with Gasteiger partial charge in [-0.3, -0.25) is 15.5 Å². The zero-order chi connectivity index (χ0) is 16.3. The molecule has 0 aliphatic heterocycles. The van der Waals surface area contributed by atoms with E-state index in [1.165, 1.54) is 30.3 Å². The average Bonchev–Trinajstić information content (AvgIpc) is 2.46. The summed E-state index contributed by atoms with van der Waals surface area (Å²) >= 11 is 23.8. The van der Waals surface area contributed by atoms with Crippen LogP contribution >= 0.6 is 46.4 Å². The summed E-state index contributed by atoms with van der Waals surface area (Å²) in [6.45, 7) is 0. The summed E-state index contributed by atoms with van der Waals surface area (Å²) in [4.78, 5) is 10.2. The van der Waals surface area contributed by atoms with E-state index in [-0.39, 0.29) is 20.9 Å². The normalized spacial score (nSPS) is 11.4. The van der Waals surface area contributed by atoms with Gasteiger partial charge in [0.1, 0.15) is 0 Å². The summed E-state index contributed by atoms with van der Waals surface area (Å²) in [5, 5.41) is 15.6. The predicted molar refractivity (Wildman–Crippen MR) is 90.6 cm³/mol. The lowest BCUT2D eigenvalue weighted by Gasteiger charge is -2.07. The average molecular weight is 379 g/mol. The number of benzene rings is 2. The monoisotopic (exact) mass is 377 g/mol. The minimum absolute atomic E-state index is 0.0192. The van der Waals surface area contributed by atoms with Gasteiger partial charge >= 0.3 is 0 Å². The molecule has 0 fully saturated rings. The lowest BCUT2D eigenvalue weighted by Crippen LogP contribution is -1.99. The van der Waals surface area contributed by atoms with Crippen molar-refractivity contribution in [1.29, 1.82) is 0 Å². The first kappa shape index (κ1) is 16.8. The maximum absolute atomic E-state index is 10.7. The highest BCUT2D eigenvalue weighted by Gasteiger charge is 2.10. The van der Waals surface area contributed by atoms with Crippen molar-refractivity contribution in [2.75, 3.05) is 5.43 Å². The third-order valence-corrected chi connectivity index (χ3v) is 3.69. The maximum atomic E-state index is 10.7. The van der Waals surface area contributed by atoms with Gasteiger partial charge in [-0.2, -0.15) is 5.10 Å². The molecule has 0 saturated carbocycles. The smallest absolute Gasteiger partial charge is 0.270 e. The number of nitrogens with one attached hydrogen (secondary N) is 1. The summed E-state index contributed by atoms with van der Waals surface area (Å²) in [5.74, 6) is 0. The Balaban J connectivity index is 2.27. The van der Waals surface area contributed by atoms with Crippen LogP contribution in [0, 0.1) is 10.1 Å². The molecule has 0 aliphatic carbocycles.